The Morgan fingerprint density at radius 3 is 1.75 bits per heavy atom. The molecule has 4 nitrogen and oxygen atoms in total. The van der Waals surface area contributed by atoms with Crippen molar-refractivity contribution in [3.05, 3.63) is 0 Å². The van der Waals surface area contributed by atoms with Crippen LogP contribution in [-0.4, -0.2) is 60.0 Å². The molecule has 0 aliphatic rings. The number of carboxylic acids is 1. The maximum absolute atomic E-state index is 9.45. The Labute approximate surface area is 77.5 Å². The van der Waals surface area contributed by atoms with E-state index < -0.39 is 12.1 Å². The van der Waals surface area contributed by atoms with Crippen LogP contribution in [0.1, 0.15) is 6.92 Å². The summed E-state index contributed by atoms with van der Waals surface area (Å²) in [5.74, 6) is -1.19. The number of rotatable bonds is 1. The zero-order valence-electron chi connectivity index (χ0n) is 4.79. The molecule has 1 unspecified atom stereocenters. The van der Waals surface area contributed by atoms with Crippen molar-refractivity contribution >= 4 is 43.7 Å². The fourth-order valence-electron chi connectivity index (χ4n) is 0. The Hall–Kier alpha value is 0.650. The summed E-state index contributed by atoms with van der Waals surface area (Å²) in [7, 11) is 0. The van der Waals surface area contributed by atoms with Gasteiger partial charge in [0.1, 0.15) is 6.10 Å². The molecule has 5 heteroatoms. The summed E-state index contributed by atoms with van der Waals surface area (Å²) in [6, 6.07) is 0. The molecule has 0 spiro atoms. The smallest absolute Gasteiger partial charge is 0.332 e. The third-order valence-corrected chi connectivity index (χ3v) is 0.357. The molecule has 0 fully saturated rings. The summed E-state index contributed by atoms with van der Waals surface area (Å²) in [5, 5.41) is 15.8. The molecule has 0 aromatic heterocycles. The van der Waals surface area contributed by atoms with E-state index in [0.717, 1.165) is 0 Å². The minimum atomic E-state index is -1.23. The second-order valence-electron chi connectivity index (χ2n) is 1.01. The van der Waals surface area contributed by atoms with Gasteiger partial charge in [0.15, 0.2) is 0 Å². The molecule has 0 heterocycles. The fourth-order valence-corrected chi connectivity index (χ4v) is 0. The molecule has 46 valence electrons. The first-order valence-corrected chi connectivity index (χ1v) is 1.55. The van der Waals surface area contributed by atoms with Gasteiger partial charge in [0.05, 0.1) is 0 Å². The zero-order valence-corrected chi connectivity index (χ0v) is 7.00. The predicted molar refractivity (Wildman–Crippen MR) is 30.1 cm³/mol. The van der Waals surface area contributed by atoms with Crippen LogP contribution < -0.4 is 6.15 Å². The largest absolute Gasteiger partial charge is 0.479 e. The van der Waals surface area contributed by atoms with E-state index in [1.807, 2.05) is 0 Å². The molecule has 0 saturated heterocycles. The molecular weight excluding hydrogens is 138 g/mol. The quantitative estimate of drug-likeness (QED) is 0.425. The summed E-state index contributed by atoms with van der Waals surface area (Å²) in [6.45, 7) is 1.20. The molecule has 0 aromatic carbocycles. The van der Waals surface area contributed by atoms with Gasteiger partial charge in [0.25, 0.3) is 0 Å². The molecule has 1 atom stereocenters. The van der Waals surface area contributed by atoms with Gasteiger partial charge in [-0.25, -0.2) is 4.79 Å². The van der Waals surface area contributed by atoms with E-state index in [9.17, 15) is 4.79 Å². The SMILES string of the molecule is CC(O)C(=O)O.N.[Ca]. The van der Waals surface area contributed by atoms with Crippen LogP contribution in [0.3, 0.4) is 0 Å². The van der Waals surface area contributed by atoms with E-state index in [2.05, 4.69) is 0 Å². The molecule has 5 N–H and O–H groups in total. The number of carbonyl (C=O) groups is 1. The summed E-state index contributed by atoms with van der Waals surface area (Å²) in [5.41, 5.74) is 0. The molecule has 0 rings (SSSR count). The van der Waals surface area contributed by atoms with Gasteiger partial charge < -0.3 is 16.4 Å². The maximum Gasteiger partial charge on any atom is 0.332 e. The van der Waals surface area contributed by atoms with Crippen LogP contribution in [0.25, 0.3) is 0 Å². The second kappa shape index (κ2) is 7.65. The maximum atomic E-state index is 9.45. The zero-order chi connectivity index (χ0) is 5.15. The molecule has 0 saturated carbocycles. The van der Waals surface area contributed by atoms with Crippen molar-refractivity contribution in [1.82, 2.24) is 6.15 Å². The van der Waals surface area contributed by atoms with Crippen molar-refractivity contribution in [1.29, 1.82) is 0 Å². The van der Waals surface area contributed by atoms with Crippen LogP contribution in [0.2, 0.25) is 0 Å². The number of hydrogen-bond donors (Lipinski definition) is 3. The Balaban J connectivity index is -0.000000125. The summed E-state index contributed by atoms with van der Waals surface area (Å²) in [4.78, 5) is 9.45. The van der Waals surface area contributed by atoms with Crippen LogP contribution in [0.4, 0.5) is 0 Å². The first-order chi connectivity index (χ1) is 2.64. The van der Waals surface area contributed by atoms with E-state index in [1.165, 1.54) is 6.92 Å². The van der Waals surface area contributed by atoms with Crippen molar-refractivity contribution in [3.63, 3.8) is 0 Å². The van der Waals surface area contributed by atoms with Gasteiger partial charge in [0, 0.05) is 37.7 Å². The Bertz CT molecular complexity index is 65.5. The van der Waals surface area contributed by atoms with Gasteiger partial charge in [-0.3, -0.25) is 0 Å². The molecule has 0 aromatic rings. The van der Waals surface area contributed by atoms with Crippen LogP contribution in [0, 0.1) is 0 Å². The monoisotopic (exact) mass is 147 g/mol. The predicted octanol–water partition coefficient (Wildman–Crippen LogP) is -0.767. The number of carboxylic acid groups (broad SMARTS) is 1. The van der Waals surface area contributed by atoms with Gasteiger partial charge in [-0.15, -0.1) is 0 Å². The first-order valence-electron chi connectivity index (χ1n) is 1.55. The molecule has 0 amide bonds. The van der Waals surface area contributed by atoms with Crippen molar-refractivity contribution in [2.45, 2.75) is 13.0 Å². The molecule has 2 radical (unpaired) electrons. The second-order valence-corrected chi connectivity index (χ2v) is 1.01. The number of hydrogen-bond acceptors (Lipinski definition) is 3. The third kappa shape index (κ3) is 9.82. The number of aliphatic hydroxyl groups is 1. The fraction of sp³-hybridized carbons (Fsp3) is 0.667. The van der Waals surface area contributed by atoms with Gasteiger partial charge in [-0.05, 0) is 6.92 Å². The van der Waals surface area contributed by atoms with Crippen molar-refractivity contribution in [2.75, 3.05) is 0 Å². The van der Waals surface area contributed by atoms with E-state index >= 15 is 0 Å². The number of aliphatic hydroxyl groups excluding tert-OH is 1. The Kier molecular flexibility index (Phi) is 15.2. The van der Waals surface area contributed by atoms with E-state index in [0.29, 0.717) is 0 Å². The first kappa shape index (κ1) is 15.9. The van der Waals surface area contributed by atoms with Crippen LogP contribution in [0.5, 0.6) is 0 Å². The number of aliphatic carboxylic acids is 1. The van der Waals surface area contributed by atoms with Gasteiger partial charge >= 0.3 is 5.97 Å². The molecule has 0 aliphatic carbocycles. The minimum absolute atomic E-state index is 0. The van der Waals surface area contributed by atoms with Gasteiger partial charge in [-0.2, -0.15) is 0 Å². The molecule has 8 heavy (non-hydrogen) atoms. The minimum Gasteiger partial charge on any atom is -0.479 e. The average molecular weight is 147 g/mol. The normalized spacial score (nSPS) is 10.2. The summed E-state index contributed by atoms with van der Waals surface area (Å²) in [6.07, 6.45) is -1.23. The molecular formula is C3H9CaNO3. The summed E-state index contributed by atoms with van der Waals surface area (Å²) >= 11 is 0. The van der Waals surface area contributed by atoms with Crippen LogP contribution in [-0.2, 0) is 4.79 Å². The Morgan fingerprint density at radius 1 is 1.62 bits per heavy atom. The van der Waals surface area contributed by atoms with Crippen molar-refractivity contribution < 1.29 is 15.0 Å². The van der Waals surface area contributed by atoms with E-state index in [1.54, 1.807) is 0 Å². The third-order valence-electron chi connectivity index (χ3n) is 0.357. The van der Waals surface area contributed by atoms with E-state index in [-0.39, 0.29) is 43.9 Å². The van der Waals surface area contributed by atoms with E-state index in [4.69, 9.17) is 10.2 Å². The van der Waals surface area contributed by atoms with Gasteiger partial charge in [0.2, 0.25) is 0 Å². The molecule has 0 bridgehead atoms. The van der Waals surface area contributed by atoms with Crippen molar-refractivity contribution in [3.8, 4) is 0 Å². The molecule has 0 aliphatic heterocycles. The summed E-state index contributed by atoms with van der Waals surface area (Å²) < 4.78 is 0. The van der Waals surface area contributed by atoms with Crippen LogP contribution >= 0.6 is 0 Å². The van der Waals surface area contributed by atoms with Crippen molar-refractivity contribution in [2.24, 2.45) is 0 Å². The van der Waals surface area contributed by atoms with Gasteiger partial charge in [-0.1, -0.05) is 0 Å². The standard InChI is InChI=1S/C3H6O3.Ca.H3N/c1-2(4)3(5)6;;/h2,4H,1H3,(H,5,6);;1H3. The Morgan fingerprint density at radius 2 is 1.75 bits per heavy atom. The average Bonchev–Trinajstić information content (AvgIpc) is 1.36. The topological polar surface area (TPSA) is 92.5 Å². The van der Waals surface area contributed by atoms with Crippen LogP contribution in [0.15, 0.2) is 0 Å².